The number of hydrogen-bond acceptors (Lipinski definition) is 1. The highest BCUT2D eigenvalue weighted by Crippen LogP contribution is 2.31. The van der Waals surface area contributed by atoms with Gasteiger partial charge in [-0.2, -0.15) is 0 Å². The minimum Gasteiger partial charge on any atom is -0.464 e. The van der Waals surface area contributed by atoms with E-state index in [1.807, 2.05) is 0 Å². The van der Waals surface area contributed by atoms with Gasteiger partial charge in [-0.3, -0.25) is 0 Å². The molecule has 1 nitrogen and oxygen atoms in total. The van der Waals surface area contributed by atoms with Crippen LogP contribution in [0, 0.1) is 5.92 Å². The second-order valence-electron chi connectivity index (χ2n) is 5.97. The summed E-state index contributed by atoms with van der Waals surface area (Å²) in [5, 5.41) is 4.36. The lowest BCUT2D eigenvalue weighted by Gasteiger charge is -2.15. The van der Waals surface area contributed by atoms with Gasteiger partial charge in [0.2, 0.25) is 0 Å². The fraction of sp³-hybridized carbons (Fsp3) is 0.158. The number of benzene rings is 2. The molecule has 0 aliphatic carbocycles. The minimum absolute atomic E-state index is 0.692. The Morgan fingerprint density at radius 2 is 1.90 bits per heavy atom. The van der Waals surface area contributed by atoms with Crippen molar-refractivity contribution in [3.8, 4) is 0 Å². The second-order valence-corrected chi connectivity index (χ2v) is 8.84. The van der Waals surface area contributed by atoms with E-state index < -0.39 is 8.80 Å². The molecular formula is C19H18OSi. The van der Waals surface area contributed by atoms with Crippen molar-refractivity contribution in [3.63, 3.8) is 0 Å². The summed E-state index contributed by atoms with van der Waals surface area (Å²) in [4.78, 5) is 0. The lowest BCUT2D eigenvalue weighted by atomic mass is 10.1. The average Bonchev–Trinajstić information content (AvgIpc) is 3.13. The molecule has 1 aromatic heterocycles. The van der Waals surface area contributed by atoms with Crippen LogP contribution in [0.25, 0.3) is 16.2 Å². The zero-order valence-electron chi connectivity index (χ0n) is 12.1. The fourth-order valence-electron chi connectivity index (χ4n) is 3.44. The van der Waals surface area contributed by atoms with Gasteiger partial charge in [-0.1, -0.05) is 65.8 Å². The van der Waals surface area contributed by atoms with E-state index >= 15 is 0 Å². The van der Waals surface area contributed by atoms with Gasteiger partial charge in [-0.05, 0) is 29.7 Å². The molecule has 4 rings (SSSR count). The Hall–Kier alpha value is -2.06. The number of furan rings is 1. The van der Waals surface area contributed by atoms with E-state index in [0.29, 0.717) is 5.92 Å². The third-order valence-electron chi connectivity index (χ3n) is 4.43. The molecule has 0 radical (unpaired) electrons. The molecule has 0 saturated heterocycles. The highest BCUT2D eigenvalue weighted by molar-refractivity contribution is 6.91. The van der Waals surface area contributed by atoms with Gasteiger partial charge in [0.05, 0.1) is 6.26 Å². The Balaban J connectivity index is 1.78. The van der Waals surface area contributed by atoms with Gasteiger partial charge in [0, 0.05) is 5.39 Å². The quantitative estimate of drug-likeness (QED) is 0.647. The highest BCUT2D eigenvalue weighted by atomic mass is 28.3. The molecule has 1 aliphatic rings. The largest absolute Gasteiger partial charge is 0.464 e. The molecule has 104 valence electrons. The van der Waals surface area contributed by atoms with Crippen LogP contribution in [0.15, 0.2) is 71.4 Å². The third kappa shape index (κ3) is 2.26. The molecular weight excluding hydrogens is 272 g/mol. The van der Waals surface area contributed by atoms with E-state index in [1.165, 1.54) is 22.2 Å². The van der Waals surface area contributed by atoms with E-state index in [9.17, 15) is 0 Å². The van der Waals surface area contributed by atoms with Crippen LogP contribution in [0.2, 0.25) is 6.04 Å². The zero-order chi connectivity index (χ0) is 14.2. The smallest absolute Gasteiger partial charge is 0.133 e. The summed E-state index contributed by atoms with van der Waals surface area (Å²) in [6.45, 7) is 2.34. The maximum absolute atomic E-state index is 5.47. The Morgan fingerprint density at radius 1 is 1.05 bits per heavy atom. The zero-order valence-corrected chi connectivity index (χ0v) is 13.3. The van der Waals surface area contributed by atoms with Crippen LogP contribution in [-0.2, 0) is 0 Å². The van der Waals surface area contributed by atoms with E-state index in [4.69, 9.17) is 4.42 Å². The summed E-state index contributed by atoms with van der Waals surface area (Å²) in [6.07, 6.45) is 4.27. The van der Waals surface area contributed by atoms with Crippen LogP contribution < -0.4 is 5.19 Å². The van der Waals surface area contributed by atoms with Gasteiger partial charge in [0.1, 0.15) is 14.4 Å². The van der Waals surface area contributed by atoms with Gasteiger partial charge in [-0.25, -0.2) is 0 Å². The van der Waals surface area contributed by atoms with Crippen LogP contribution in [0.1, 0.15) is 12.5 Å². The van der Waals surface area contributed by atoms with E-state index in [-0.39, 0.29) is 0 Å². The molecule has 0 fully saturated rings. The molecule has 0 unspecified atom stereocenters. The Morgan fingerprint density at radius 3 is 2.76 bits per heavy atom. The first-order chi connectivity index (χ1) is 10.3. The SMILES string of the molecule is C[C@H]1C=C(c2ccccc2)[Si@@H](c2ccc3occc3c2)C1. The molecule has 2 heterocycles. The van der Waals surface area contributed by atoms with E-state index in [1.54, 1.807) is 11.5 Å². The molecule has 2 atom stereocenters. The first-order valence-electron chi connectivity index (χ1n) is 7.55. The predicted octanol–water partition coefficient (Wildman–Crippen LogP) is 4.14. The van der Waals surface area contributed by atoms with Gasteiger partial charge in [0.25, 0.3) is 0 Å². The maximum Gasteiger partial charge on any atom is 0.133 e. The summed E-state index contributed by atoms with van der Waals surface area (Å²) in [5.74, 6) is 0.692. The number of fused-ring (bicyclic) bond motifs is 1. The molecule has 0 amide bonds. The van der Waals surface area contributed by atoms with Gasteiger partial charge in [0.15, 0.2) is 0 Å². The van der Waals surface area contributed by atoms with Crippen LogP contribution in [0.4, 0.5) is 0 Å². The molecule has 0 bridgehead atoms. The van der Waals surface area contributed by atoms with E-state index in [2.05, 4.69) is 67.6 Å². The summed E-state index contributed by atoms with van der Waals surface area (Å²) in [5.41, 5.74) is 2.40. The highest BCUT2D eigenvalue weighted by Gasteiger charge is 2.28. The summed E-state index contributed by atoms with van der Waals surface area (Å²) in [6, 6.07) is 21.0. The van der Waals surface area contributed by atoms with Crippen molar-refractivity contribution in [2.24, 2.45) is 5.92 Å². The van der Waals surface area contributed by atoms with Crippen molar-refractivity contribution in [2.45, 2.75) is 13.0 Å². The maximum atomic E-state index is 5.47. The second kappa shape index (κ2) is 5.04. The van der Waals surface area contributed by atoms with Crippen LogP contribution in [-0.4, -0.2) is 8.80 Å². The summed E-state index contributed by atoms with van der Waals surface area (Å²) >= 11 is 0. The Bertz CT molecular complexity index is 801. The van der Waals surface area contributed by atoms with Crippen molar-refractivity contribution in [1.82, 2.24) is 0 Å². The number of hydrogen-bond donors (Lipinski definition) is 0. The number of rotatable bonds is 2. The standard InChI is InChI=1S/C19H18OSi/c1-14-11-19(15-5-3-2-4-6-15)21(13-14)17-7-8-18-16(12-17)9-10-20-18/h2-12,14,21H,13H2,1H3/t14-,21+/m0/s1. The van der Waals surface area contributed by atoms with Crippen molar-refractivity contribution in [1.29, 1.82) is 0 Å². The fourth-order valence-corrected chi connectivity index (χ4v) is 7.06. The topological polar surface area (TPSA) is 13.1 Å². The van der Waals surface area contributed by atoms with Gasteiger partial charge < -0.3 is 4.42 Å². The Labute approximate surface area is 126 Å². The van der Waals surface area contributed by atoms with Crippen LogP contribution in [0.5, 0.6) is 0 Å². The normalized spacial score (nSPS) is 21.7. The summed E-state index contributed by atoms with van der Waals surface area (Å²) in [7, 11) is -1.10. The van der Waals surface area contributed by atoms with E-state index in [0.717, 1.165) is 5.58 Å². The van der Waals surface area contributed by atoms with Crippen molar-refractivity contribution in [2.75, 3.05) is 0 Å². The van der Waals surface area contributed by atoms with Crippen LogP contribution >= 0.6 is 0 Å². The lowest BCUT2D eigenvalue weighted by molar-refractivity contribution is 0.616. The van der Waals surface area contributed by atoms with Crippen molar-refractivity contribution in [3.05, 3.63) is 72.5 Å². The van der Waals surface area contributed by atoms with Gasteiger partial charge >= 0.3 is 0 Å². The van der Waals surface area contributed by atoms with Crippen molar-refractivity contribution < 1.29 is 4.42 Å². The molecule has 0 spiro atoms. The molecule has 2 aromatic carbocycles. The first kappa shape index (κ1) is 12.7. The van der Waals surface area contributed by atoms with Crippen LogP contribution in [0.3, 0.4) is 0 Å². The first-order valence-corrected chi connectivity index (χ1v) is 9.52. The lowest BCUT2D eigenvalue weighted by Crippen LogP contribution is -2.29. The molecule has 0 N–H and O–H groups in total. The monoisotopic (exact) mass is 290 g/mol. The average molecular weight is 290 g/mol. The number of allylic oxidation sites excluding steroid dienone is 1. The Kier molecular flexibility index (Phi) is 3.04. The summed E-state index contributed by atoms with van der Waals surface area (Å²) < 4.78 is 5.47. The van der Waals surface area contributed by atoms with Gasteiger partial charge in [-0.15, -0.1) is 0 Å². The minimum atomic E-state index is -1.10. The molecule has 21 heavy (non-hydrogen) atoms. The molecule has 3 aromatic rings. The third-order valence-corrected chi connectivity index (χ3v) is 8.09. The molecule has 1 aliphatic heterocycles. The van der Waals surface area contributed by atoms with Crippen molar-refractivity contribution >= 4 is 30.1 Å². The molecule has 2 heteroatoms. The molecule has 0 saturated carbocycles. The predicted molar refractivity (Wildman–Crippen MR) is 91.4 cm³/mol.